The Hall–Kier alpha value is -0.830. The fourth-order valence-electron chi connectivity index (χ4n) is 1.96. The van der Waals surface area contributed by atoms with E-state index in [0.717, 1.165) is 32.4 Å². The SMILES string of the molecule is CC1=CCCN(C(=O)C(C)CCCN)C1. The number of carbonyl (C=O) groups excluding carboxylic acids is 1. The van der Waals surface area contributed by atoms with E-state index in [2.05, 4.69) is 13.0 Å². The molecule has 0 fully saturated rings. The molecular weight excluding hydrogens is 188 g/mol. The van der Waals surface area contributed by atoms with Crippen LogP contribution in [0.2, 0.25) is 0 Å². The normalized spacial score (nSPS) is 18.6. The molecule has 86 valence electrons. The highest BCUT2D eigenvalue weighted by Crippen LogP contribution is 2.15. The Labute approximate surface area is 92.3 Å². The second-order valence-corrected chi connectivity index (χ2v) is 4.43. The van der Waals surface area contributed by atoms with Crippen molar-refractivity contribution in [2.24, 2.45) is 11.7 Å². The van der Waals surface area contributed by atoms with Crippen LogP contribution < -0.4 is 5.73 Å². The van der Waals surface area contributed by atoms with Crippen molar-refractivity contribution in [2.45, 2.75) is 33.1 Å². The summed E-state index contributed by atoms with van der Waals surface area (Å²) in [5, 5.41) is 0. The van der Waals surface area contributed by atoms with Gasteiger partial charge < -0.3 is 10.6 Å². The van der Waals surface area contributed by atoms with Gasteiger partial charge >= 0.3 is 0 Å². The lowest BCUT2D eigenvalue weighted by atomic mass is 10.0. The van der Waals surface area contributed by atoms with E-state index in [1.54, 1.807) is 0 Å². The molecule has 1 rings (SSSR count). The maximum atomic E-state index is 12.0. The smallest absolute Gasteiger partial charge is 0.225 e. The minimum absolute atomic E-state index is 0.124. The van der Waals surface area contributed by atoms with Crippen molar-refractivity contribution in [1.82, 2.24) is 4.90 Å². The van der Waals surface area contributed by atoms with Gasteiger partial charge in [-0.1, -0.05) is 18.6 Å². The molecule has 0 aromatic rings. The summed E-state index contributed by atoms with van der Waals surface area (Å²) in [6, 6.07) is 0. The number of nitrogens with zero attached hydrogens (tertiary/aromatic N) is 1. The molecule has 2 N–H and O–H groups in total. The molecule has 0 bridgehead atoms. The van der Waals surface area contributed by atoms with Gasteiger partial charge in [0.2, 0.25) is 5.91 Å². The summed E-state index contributed by atoms with van der Waals surface area (Å²) in [6.45, 7) is 6.46. The first-order valence-electron chi connectivity index (χ1n) is 5.79. The lowest BCUT2D eigenvalue weighted by molar-refractivity contribution is -0.135. The van der Waals surface area contributed by atoms with Crippen LogP contribution in [0.3, 0.4) is 0 Å². The van der Waals surface area contributed by atoms with Gasteiger partial charge in [0, 0.05) is 19.0 Å². The molecule has 0 saturated carbocycles. The molecule has 1 unspecified atom stereocenters. The fourth-order valence-corrected chi connectivity index (χ4v) is 1.96. The number of amides is 1. The predicted octanol–water partition coefficient (Wildman–Crippen LogP) is 1.54. The third-order valence-corrected chi connectivity index (χ3v) is 2.91. The Morgan fingerprint density at radius 3 is 3.00 bits per heavy atom. The monoisotopic (exact) mass is 210 g/mol. The molecule has 0 aromatic heterocycles. The molecule has 0 radical (unpaired) electrons. The molecule has 0 spiro atoms. The van der Waals surface area contributed by atoms with Gasteiger partial charge in [0.05, 0.1) is 0 Å². The van der Waals surface area contributed by atoms with E-state index >= 15 is 0 Å². The molecule has 1 atom stereocenters. The fraction of sp³-hybridized carbons (Fsp3) is 0.750. The largest absolute Gasteiger partial charge is 0.338 e. The average Bonchev–Trinajstić information content (AvgIpc) is 2.24. The van der Waals surface area contributed by atoms with Crippen LogP contribution in [0.4, 0.5) is 0 Å². The van der Waals surface area contributed by atoms with Gasteiger partial charge in [-0.2, -0.15) is 0 Å². The van der Waals surface area contributed by atoms with Crippen molar-refractivity contribution in [2.75, 3.05) is 19.6 Å². The van der Waals surface area contributed by atoms with E-state index in [1.807, 2.05) is 11.8 Å². The minimum Gasteiger partial charge on any atom is -0.338 e. The Bertz CT molecular complexity index is 248. The third-order valence-electron chi connectivity index (χ3n) is 2.91. The molecule has 0 saturated heterocycles. The van der Waals surface area contributed by atoms with Gasteiger partial charge in [0.1, 0.15) is 0 Å². The van der Waals surface area contributed by atoms with Crippen LogP contribution in [0.1, 0.15) is 33.1 Å². The first-order chi connectivity index (χ1) is 7.15. The van der Waals surface area contributed by atoms with E-state index in [-0.39, 0.29) is 11.8 Å². The zero-order chi connectivity index (χ0) is 11.3. The van der Waals surface area contributed by atoms with Gasteiger partial charge in [-0.3, -0.25) is 4.79 Å². The van der Waals surface area contributed by atoms with E-state index in [4.69, 9.17) is 5.73 Å². The highest BCUT2D eigenvalue weighted by molar-refractivity contribution is 5.78. The minimum atomic E-state index is 0.124. The maximum Gasteiger partial charge on any atom is 0.225 e. The summed E-state index contributed by atoms with van der Waals surface area (Å²) >= 11 is 0. The molecule has 1 heterocycles. The van der Waals surface area contributed by atoms with Crippen LogP contribution in [0, 0.1) is 5.92 Å². The van der Waals surface area contributed by atoms with Gasteiger partial charge in [-0.25, -0.2) is 0 Å². The van der Waals surface area contributed by atoms with Crippen LogP contribution in [-0.2, 0) is 4.79 Å². The second-order valence-electron chi connectivity index (χ2n) is 4.43. The quantitative estimate of drug-likeness (QED) is 0.715. The van der Waals surface area contributed by atoms with Crippen molar-refractivity contribution in [3.05, 3.63) is 11.6 Å². The van der Waals surface area contributed by atoms with Crippen LogP contribution in [0.15, 0.2) is 11.6 Å². The molecule has 1 aliphatic heterocycles. The first-order valence-corrected chi connectivity index (χ1v) is 5.79. The second kappa shape index (κ2) is 5.91. The standard InChI is InChI=1S/C12H22N2O/c1-10-5-4-8-14(9-10)12(15)11(2)6-3-7-13/h5,11H,3-4,6-9,13H2,1-2H3. The highest BCUT2D eigenvalue weighted by atomic mass is 16.2. The van der Waals surface area contributed by atoms with Gasteiger partial charge in [-0.05, 0) is 32.7 Å². The summed E-state index contributed by atoms with van der Waals surface area (Å²) in [5.41, 5.74) is 6.75. The molecule has 3 nitrogen and oxygen atoms in total. The summed E-state index contributed by atoms with van der Waals surface area (Å²) in [5.74, 6) is 0.412. The molecule has 0 aliphatic carbocycles. The van der Waals surface area contributed by atoms with Gasteiger partial charge in [0.15, 0.2) is 0 Å². The van der Waals surface area contributed by atoms with Gasteiger partial charge in [-0.15, -0.1) is 0 Å². The van der Waals surface area contributed by atoms with Crippen molar-refractivity contribution in [1.29, 1.82) is 0 Å². The Morgan fingerprint density at radius 2 is 2.40 bits per heavy atom. The van der Waals surface area contributed by atoms with Crippen molar-refractivity contribution < 1.29 is 4.79 Å². The summed E-state index contributed by atoms with van der Waals surface area (Å²) in [6.07, 6.45) is 5.07. The number of hydrogen-bond donors (Lipinski definition) is 1. The van der Waals surface area contributed by atoms with E-state index in [0.29, 0.717) is 6.54 Å². The summed E-state index contributed by atoms with van der Waals surface area (Å²) in [7, 11) is 0. The van der Waals surface area contributed by atoms with Crippen molar-refractivity contribution >= 4 is 5.91 Å². The van der Waals surface area contributed by atoms with Crippen LogP contribution in [0.5, 0.6) is 0 Å². The molecule has 0 aromatic carbocycles. The Balaban J connectivity index is 2.42. The summed E-state index contributed by atoms with van der Waals surface area (Å²) in [4.78, 5) is 14.0. The Morgan fingerprint density at radius 1 is 1.67 bits per heavy atom. The number of nitrogens with two attached hydrogens (primary N) is 1. The van der Waals surface area contributed by atoms with Crippen molar-refractivity contribution in [3.8, 4) is 0 Å². The molecule has 3 heteroatoms. The molecule has 1 aliphatic rings. The topological polar surface area (TPSA) is 46.3 Å². The van der Waals surface area contributed by atoms with Crippen molar-refractivity contribution in [3.63, 3.8) is 0 Å². The zero-order valence-electron chi connectivity index (χ0n) is 9.83. The molecule has 15 heavy (non-hydrogen) atoms. The van der Waals surface area contributed by atoms with E-state index in [9.17, 15) is 4.79 Å². The van der Waals surface area contributed by atoms with Gasteiger partial charge in [0.25, 0.3) is 0 Å². The number of carbonyl (C=O) groups is 1. The van der Waals surface area contributed by atoms with Crippen LogP contribution in [0.25, 0.3) is 0 Å². The molecule has 1 amide bonds. The van der Waals surface area contributed by atoms with E-state index < -0.39 is 0 Å². The highest BCUT2D eigenvalue weighted by Gasteiger charge is 2.21. The molecular formula is C12H22N2O. The lowest BCUT2D eigenvalue weighted by Gasteiger charge is -2.28. The average molecular weight is 210 g/mol. The maximum absolute atomic E-state index is 12.0. The number of hydrogen-bond acceptors (Lipinski definition) is 2. The first kappa shape index (κ1) is 12.2. The lowest BCUT2D eigenvalue weighted by Crippen LogP contribution is -2.38. The van der Waals surface area contributed by atoms with Crippen LogP contribution >= 0.6 is 0 Å². The van der Waals surface area contributed by atoms with Crippen LogP contribution in [-0.4, -0.2) is 30.4 Å². The number of rotatable bonds is 4. The van der Waals surface area contributed by atoms with E-state index in [1.165, 1.54) is 5.57 Å². The Kier molecular flexibility index (Phi) is 4.82. The summed E-state index contributed by atoms with van der Waals surface area (Å²) < 4.78 is 0. The zero-order valence-corrected chi connectivity index (χ0v) is 9.83. The predicted molar refractivity (Wildman–Crippen MR) is 62.4 cm³/mol. The third kappa shape index (κ3) is 3.67.